The molecule has 0 atom stereocenters. The van der Waals surface area contributed by atoms with Crippen LogP contribution >= 0.6 is 47.6 Å². The summed E-state index contributed by atoms with van der Waals surface area (Å²) >= 11 is 19.2. The highest BCUT2D eigenvalue weighted by Gasteiger charge is 2.15. The molecule has 7 aromatic rings. The van der Waals surface area contributed by atoms with Crippen LogP contribution in [0.4, 0.5) is 40.5 Å². The molecule has 0 bridgehead atoms. The van der Waals surface area contributed by atoms with Gasteiger partial charge in [-0.1, -0.05) is 53.6 Å². The van der Waals surface area contributed by atoms with Gasteiger partial charge in [0.1, 0.15) is 5.52 Å². The van der Waals surface area contributed by atoms with E-state index in [0.29, 0.717) is 44.9 Å². The fraction of sp³-hybridized carbons (Fsp3) is 0.0870. The number of allylic oxidation sites excluding steroid dienone is 1. The number of H-pyrrole nitrogens is 1. The number of rotatable bonds is 9. The van der Waals surface area contributed by atoms with Gasteiger partial charge in [0.15, 0.2) is 26.2 Å². The number of nitrogen functional groups attached to an aromatic ring is 1. The minimum absolute atomic E-state index is 0.0556. The number of thiocarbonyl (C=S) groups is 1. The predicted molar refractivity (Wildman–Crippen MR) is 263 cm³/mol. The highest BCUT2D eigenvalue weighted by Crippen LogP contribution is 2.30. The Hall–Kier alpha value is -7.96. The lowest BCUT2D eigenvalue weighted by Gasteiger charge is -2.15. The maximum absolute atomic E-state index is 8.95. The molecule has 316 valence electrons. The van der Waals surface area contributed by atoms with Crippen molar-refractivity contribution in [3.05, 3.63) is 158 Å². The molecule has 3 heterocycles. The number of benzene rings is 4. The van der Waals surface area contributed by atoms with Crippen LogP contribution in [0, 0.1) is 73.0 Å². The Balaban J connectivity index is 0.000000223. The molecule has 14 nitrogen and oxygen atoms in total. The minimum Gasteiger partial charge on any atom is -0.394 e. The van der Waals surface area contributed by atoms with Gasteiger partial charge in [0.25, 0.3) is 0 Å². The van der Waals surface area contributed by atoms with Crippen molar-refractivity contribution in [2.45, 2.75) is 27.7 Å². The average Bonchev–Trinajstić information content (AvgIpc) is 3.59. The lowest BCUT2D eigenvalue weighted by atomic mass is 10.0. The zero-order valence-corrected chi connectivity index (χ0v) is 37.7. The van der Waals surface area contributed by atoms with Crippen molar-refractivity contribution in [1.82, 2.24) is 29.5 Å². The first-order chi connectivity index (χ1) is 30.7. The van der Waals surface area contributed by atoms with Crippen LogP contribution in [0.2, 0.25) is 0 Å². The lowest BCUT2D eigenvalue weighted by molar-refractivity contribution is 1.01. The summed E-state index contributed by atoms with van der Waals surface area (Å²) in [7, 11) is 0. The minimum atomic E-state index is -0.0556. The monoisotopic (exact) mass is 918 g/mol. The number of nitriles is 3. The Morgan fingerprint density at radius 3 is 1.80 bits per heavy atom. The number of fused-ring (bicyclic) bond motifs is 1. The highest BCUT2D eigenvalue weighted by atomic mass is 35.5. The van der Waals surface area contributed by atoms with Gasteiger partial charge in [-0.3, -0.25) is 4.57 Å². The number of hydrogen-bond donors (Lipinski definition) is 5. The fourth-order valence-electron chi connectivity index (χ4n) is 6.34. The predicted octanol–water partition coefficient (Wildman–Crippen LogP) is 11.9. The summed E-state index contributed by atoms with van der Waals surface area (Å²) in [5.41, 5.74) is 18.4. The molecule has 0 fully saturated rings. The SMILES string of the molecule is Cc1cc(/C=C/C#N)cc(C)c1Nc1nc(Nc2ccc(C#N)cc2)ncc1N.S=C(Cl)Cl.[C-]#[N+]/C=C/c1cc(C)c(-n2c(=S)[nH]c3cnc(Nc4ccc(C#N)cc4)nc32)c(C)c1. The van der Waals surface area contributed by atoms with Crippen LogP contribution in [0.3, 0.4) is 0 Å². The topological polar surface area (TPSA) is 210 Å². The van der Waals surface area contributed by atoms with E-state index >= 15 is 0 Å². The fourth-order valence-corrected chi connectivity index (χ4v) is 6.62. The standard InChI is InChI=1S/C23H17N7S.C22H19N7.CCl2S/c1-14-10-17(8-9-25-3)11-15(2)20(14)30-21-19(28-23(30)31)13-26-22(29-21)27-18-6-4-16(12-24)5-7-18;1-14-10-17(4-3-9-23)11-15(2)20(14)28-21-19(25)13-26-22(29-21)27-18-7-5-16(12-24)6-8-18;2-1(3)4/h4-11,13H,1-2H3,(H,28,31)(H,26,27,29);3-8,10-11,13H,25H2,1-2H3,(H2,26,27,28,29);/b9-8+;4-3+;. The van der Waals surface area contributed by atoms with Crippen LogP contribution in [0.1, 0.15) is 44.5 Å². The van der Waals surface area contributed by atoms with Gasteiger partial charge in [0.05, 0.1) is 59.7 Å². The molecule has 0 amide bonds. The summed E-state index contributed by atoms with van der Waals surface area (Å²) in [6.07, 6.45) is 9.67. The third-order valence-electron chi connectivity index (χ3n) is 9.01. The number of nitrogens with two attached hydrogens (primary N) is 1. The first-order valence-corrected chi connectivity index (χ1v) is 20.4. The Morgan fingerprint density at radius 1 is 0.781 bits per heavy atom. The van der Waals surface area contributed by atoms with Crippen LogP contribution in [0.5, 0.6) is 0 Å². The highest BCUT2D eigenvalue weighted by molar-refractivity contribution is 7.86. The summed E-state index contributed by atoms with van der Waals surface area (Å²) in [4.78, 5) is 24.2. The van der Waals surface area contributed by atoms with E-state index in [9.17, 15) is 0 Å². The molecule has 7 rings (SSSR count). The molecule has 0 saturated heterocycles. The van der Waals surface area contributed by atoms with Crippen LogP contribution < -0.4 is 21.7 Å². The quantitative estimate of drug-likeness (QED) is 0.0395. The van der Waals surface area contributed by atoms with Crippen molar-refractivity contribution in [1.29, 1.82) is 15.8 Å². The second-order valence-corrected chi connectivity index (χ2v) is 15.8. The molecule has 0 unspecified atom stereocenters. The molecule has 18 heteroatoms. The Morgan fingerprint density at radius 2 is 1.28 bits per heavy atom. The average molecular weight is 920 g/mol. The van der Waals surface area contributed by atoms with Crippen molar-refractivity contribution < 1.29 is 0 Å². The first-order valence-electron chi connectivity index (χ1n) is 18.8. The Labute approximate surface area is 389 Å². The number of aromatic nitrogens is 6. The van der Waals surface area contributed by atoms with Gasteiger partial charge in [-0.25, -0.2) is 14.8 Å². The summed E-state index contributed by atoms with van der Waals surface area (Å²) in [5, 5.41) is 36.1. The molecule has 6 N–H and O–H groups in total. The second kappa shape index (κ2) is 22.2. The number of nitrogens with zero attached hydrogens (tertiary/aromatic N) is 9. The number of halogens is 2. The van der Waals surface area contributed by atoms with Crippen LogP contribution in [0.15, 0.2) is 97.5 Å². The van der Waals surface area contributed by atoms with E-state index in [4.69, 9.17) is 63.5 Å². The summed E-state index contributed by atoms with van der Waals surface area (Å²) in [6.45, 7) is 14.9. The molecule has 0 aliphatic rings. The zero-order chi connectivity index (χ0) is 46.3. The number of aryl methyl sites for hydroxylation is 4. The maximum atomic E-state index is 8.95. The zero-order valence-electron chi connectivity index (χ0n) is 34.6. The van der Waals surface area contributed by atoms with Crippen molar-refractivity contribution in [2.24, 2.45) is 0 Å². The Kier molecular flexibility index (Phi) is 16.4. The van der Waals surface area contributed by atoms with E-state index in [-0.39, 0.29) is 3.78 Å². The van der Waals surface area contributed by atoms with Gasteiger partial charge in [-0.05, 0) is 140 Å². The van der Waals surface area contributed by atoms with Crippen LogP contribution in [0.25, 0.3) is 33.8 Å². The van der Waals surface area contributed by atoms with Crippen LogP contribution in [-0.2, 0) is 0 Å². The Bertz CT molecular complexity index is 3100. The van der Waals surface area contributed by atoms with E-state index in [1.54, 1.807) is 66.9 Å². The number of hydrogen-bond acceptors (Lipinski definition) is 13. The van der Waals surface area contributed by atoms with Crippen molar-refractivity contribution in [3.63, 3.8) is 0 Å². The van der Waals surface area contributed by atoms with Crippen LogP contribution in [-0.4, -0.2) is 33.3 Å². The molecule has 0 radical (unpaired) electrons. The van der Waals surface area contributed by atoms with Crippen molar-refractivity contribution in [2.75, 3.05) is 21.7 Å². The summed E-state index contributed by atoms with van der Waals surface area (Å²) in [5.74, 6) is 1.30. The van der Waals surface area contributed by atoms with Gasteiger partial charge in [0, 0.05) is 23.1 Å². The number of imidazole rings is 1. The van der Waals surface area contributed by atoms with Gasteiger partial charge >= 0.3 is 0 Å². The first kappa shape index (κ1) is 47.1. The van der Waals surface area contributed by atoms with E-state index < -0.39 is 0 Å². The molecule has 0 saturated carbocycles. The maximum Gasteiger partial charge on any atom is 0.229 e. The number of anilines is 7. The molecular formula is C46H36Cl2N14S2. The smallest absolute Gasteiger partial charge is 0.229 e. The molecule has 4 aromatic carbocycles. The number of aromatic amines is 1. The normalized spacial score (nSPS) is 10.3. The van der Waals surface area contributed by atoms with E-state index in [1.165, 1.54) is 18.5 Å². The van der Waals surface area contributed by atoms with E-state index in [1.807, 2.05) is 62.6 Å². The molecule has 0 aliphatic carbocycles. The molecule has 3 aromatic heterocycles. The molecule has 0 aliphatic heterocycles. The van der Waals surface area contributed by atoms with E-state index in [2.05, 4.69) is 70.1 Å². The van der Waals surface area contributed by atoms with Gasteiger partial charge in [-0.2, -0.15) is 25.8 Å². The van der Waals surface area contributed by atoms with Gasteiger partial charge in [-0.15, -0.1) is 0 Å². The van der Waals surface area contributed by atoms with Crippen molar-refractivity contribution in [3.8, 4) is 23.9 Å². The molecule has 0 spiro atoms. The number of nitrogens with one attached hydrogen (secondary N) is 4. The molecule has 64 heavy (non-hydrogen) atoms. The second-order valence-electron chi connectivity index (χ2n) is 13.6. The summed E-state index contributed by atoms with van der Waals surface area (Å²) in [6, 6.07) is 28.3. The summed E-state index contributed by atoms with van der Waals surface area (Å²) < 4.78 is 2.37. The third-order valence-corrected chi connectivity index (χ3v) is 9.29. The third kappa shape index (κ3) is 12.6. The van der Waals surface area contributed by atoms with E-state index in [0.717, 1.165) is 61.6 Å². The largest absolute Gasteiger partial charge is 0.394 e. The van der Waals surface area contributed by atoms with Crippen molar-refractivity contribution >= 4 is 115 Å². The lowest BCUT2D eigenvalue weighted by Crippen LogP contribution is -2.06. The van der Waals surface area contributed by atoms with Gasteiger partial charge in [0.2, 0.25) is 11.9 Å². The van der Waals surface area contributed by atoms with Gasteiger partial charge < -0.3 is 26.7 Å². The molecular weight excluding hydrogens is 884 g/mol.